The van der Waals surface area contributed by atoms with Crippen LogP contribution in [0.15, 0.2) is 65.5 Å². The standard InChI is InChI=1S/C20H26N4O/c1-23(16-17-8-4-3-5-9-17)13-7-11-21-19(18-10-6-15-25-18)20-22-12-14-24(20)2/h3-6,8-10,12,14-15,19,21H,7,11,13,16H2,1-2H3. The maximum atomic E-state index is 5.61. The minimum absolute atomic E-state index is 0.0190. The fourth-order valence-electron chi connectivity index (χ4n) is 3.00. The molecule has 1 aromatic carbocycles. The second-order valence-corrected chi connectivity index (χ2v) is 6.38. The zero-order valence-corrected chi connectivity index (χ0v) is 14.9. The van der Waals surface area contributed by atoms with Crippen molar-refractivity contribution in [3.05, 3.63) is 78.3 Å². The summed E-state index contributed by atoms with van der Waals surface area (Å²) in [6, 6.07) is 14.5. The molecule has 0 amide bonds. The Morgan fingerprint density at radius 3 is 2.72 bits per heavy atom. The zero-order chi connectivity index (χ0) is 17.5. The Morgan fingerprint density at radius 1 is 1.20 bits per heavy atom. The van der Waals surface area contributed by atoms with Crippen LogP contribution in [-0.4, -0.2) is 34.6 Å². The maximum absolute atomic E-state index is 5.61. The lowest BCUT2D eigenvalue weighted by Crippen LogP contribution is -2.28. The highest BCUT2D eigenvalue weighted by atomic mass is 16.3. The molecule has 0 aliphatic carbocycles. The van der Waals surface area contributed by atoms with Crippen LogP contribution in [0.5, 0.6) is 0 Å². The van der Waals surface area contributed by atoms with E-state index >= 15 is 0 Å². The molecular weight excluding hydrogens is 312 g/mol. The van der Waals surface area contributed by atoms with Gasteiger partial charge in [-0.3, -0.25) is 0 Å². The second-order valence-electron chi connectivity index (χ2n) is 6.38. The normalized spacial score (nSPS) is 12.6. The van der Waals surface area contributed by atoms with Gasteiger partial charge in [-0.2, -0.15) is 0 Å². The van der Waals surface area contributed by atoms with Crippen molar-refractivity contribution in [3.8, 4) is 0 Å². The predicted molar refractivity (Wildman–Crippen MR) is 99.2 cm³/mol. The molecule has 2 aromatic heterocycles. The molecule has 1 unspecified atom stereocenters. The van der Waals surface area contributed by atoms with E-state index in [1.54, 1.807) is 6.26 Å². The number of aromatic nitrogens is 2. The topological polar surface area (TPSA) is 46.2 Å². The van der Waals surface area contributed by atoms with E-state index in [-0.39, 0.29) is 6.04 Å². The van der Waals surface area contributed by atoms with Crippen LogP contribution >= 0.6 is 0 Å². The van der Waals surface area contributed by atoms with Crippen molar-refractivity contribution in [2.45, 2.75) is 19.0 Å². The minimum atomic E-state index is -0.0190. The second kappa shape index (κ2) is 8.65. The highest BCUT2D eigenvalue weighted by Crippen LogP contribution is 2.20. The molecule has 5 nitrogen and oxygen atoms in total. The molecule has 3 rings (SSSR count). The van der Waals surface area contributed by atoms with E-state index in [1.807, 2.05) is 36.1 Å². The Bertz CT molecular complexity index is 736. The van der Waals surface area contributed by atoms with Crippen LogP contribution in [0.1, 0.15) is 29.6 Å². The van der Waals surface area contributed by atoms with Crippen LogP contribution in [0.3, 0.4) is 0 Å². The van der Waals surface area contributed by atoms with Gasteiger partial charge in [-0.05, 0) is 44.3 Å². The largest absolute Gasteiger partial charge is 0.467 e. The number of imidazole rings is 1. The van der Waals surface area contributed by atoms with Gasteiger partial charge in [-0.25, -0.2) is 4.98 Å². The molecule has 0 saturated carbocycles. The molecule has 0 spiro atoms. The SMILES string of the molecule is CN(CCCNC(c1ccco1)c1nccn1C)Cc1ccccc1. The van der Waals surface area contributed by atoms with E-state index < -0.39 is 0 Å². The molecule has 2 heterocycles. The summed E-state index contributed by atoms with van der Waals surface area (Å²) >= 11 is 0. The molecule has 0 aliphatic heterocycles. The maximum Gasteiger partial charge on any atom is 0.133 e. The highest BCUT2D eigenvalue weighted by molar-refractivity contribution is 5.16. The molecule has 3 aromatic rings. The zero-order valence-electron chi connectivity index (χ0n) is 14.9. The third-order valence-corrected chi connectivity index (χ3v) is 4.30. The minimum Gasteiger partial charge on any atom is -0.467 e. The summed E-state index contributed by atoms with van der Waals surface area (Å²) < 4.78 is 7.63. The predicted octanol–water partition coefficient (Wildman–Crippen LogP) is 3.21. The lowest BCUT2D eigenvalue weighted by Gasteiger charge is -2.19. The van der Waals surface area contributed by atoms with Crippen LogP contribution in [0.25, 0.3) is 0 Å². The van der Waals surface area contributed by atoms with Crippen molar-refractivity contribution in [2.75, 3.05) is 20.1 Å². The average Bonchev–Trinajstić information content (AvgIpc) is 3.28. The summed E-state index contributed by atoms with van der Waals surface area (Å²) in [7, 11) is 4.17. The highest BCUT2D eigenvalue weighted by Gasteiger charge is 2.20. The van der Waals surface area contributed by atoms with Crippen LogP contribution in [0.2, 0.25) is 0 Å². The molecule has 0 aliphatic rings. The Morgan fingerprint density at radius 2 is 2.04 bits per heavy atom. The number of hydrogen-bond acceptors (Lipinski definition) is 4. The number of nitrogens with zero attached hydrogens (tertiary/aromatic N) is 3. The fourth-order valence-corrected chi connectivity index (χ4v) is 3.00. The molecule has 0 radical (unpaired) electrons. The number of furan rings is 1. The van der Waals surface area contributed by atoms with Gasteiger partial charge in [0.1, 0.15) is 17.6 Å². The Kier molecular flexibility index (Phi) is 6.04. The van der Waals surface area contributed by atoms with E-state index in [1.165, 1.54) is 5.56 Å². The first-order valence-electron chi connectivity index (χ1n) is 8.70. The third-order valence-electron chi connectivity index (χ3n) is 4.30. The van der Waals surface area contributed by atoms with Gasteiger partial charge in [0.25, 0.3) is 0 Å². The summed E-state index contributed by atoms with van der Waals surface area (Å²) in [5.41, 5.74) is 1.35. The molecule has 0 bridgehead atoms. The molecule has 0 fully saturated rings. The summed E-state index contributed by atoms with van der Waals surface area (Å²) in [5.74, 6) is 1.86. The molecule has 1 N–H and O–H groups in total. The van der Waals surface area contributed by atoms with Gasteiger partial charge in [0, 0.05) is 26.0 Å². The van der Waals surface area contributed by atoms with Crippen molar-refractivity contribution in [3.63, 3.8) is 0 Å². The number of nitrogens with one attached hydrogen (secondary N) is 1. The summed E-state index contributed by atoms with van der Waals surface area (Å²) in [4.78, 5) is 6.82. The van der Waals surface area contributed by atoms with Crippen molar-refractivity contribution in [1.82, 2.24) is 19.8 Å². The van der Waals surface area contributed by atoms with Crippen LogP contribution in [0.4, 0.5) is 0 Å². The van der Waals surface area contributed by atoms with Crippen molar-refractivity contribution < 1.29 is 4.42 Å². The molecule has 5 heteroatoms. The molecule has 1 atom stereocenters. The summed E-state index contributed by atoms with van der Waals surface area (Å²) in [5, 5.41) is 3.58. The smallest absolute Gasteiger partial charge is 0.133 e. The summed E-state index contributed by atoms with van der Waals surface area (Å²) in [6.07, 6.45) is 6.55. The van der Waals surface area contributed by atoms with Gasteiger partial charge in [0.05, 0.1) is 6.26 Å². The molecular formula is C20H26N4O. The van der Waals surface area contributed by atoms with E-state index in [9.17, 15) is 0 Å². The van der Waals surface area contributed by atoms with E-state index in [4.69, 9.17) is 4.42 Å². The summed E-state index contributed by atoms with van der Waals surface area (Å²) in [6.45, 7) is 2.91. The molecule has 132 valence electrons. The van der Waals surface area contributed by atoms with E-state index in [2.05, 4.69) is 52.6 Å². The Hall–Kier alpha value is -2.37. The lowest BCUT2D eigenvalue weighted by atomic mass is 10.2. The number of benzene rings is 1. The lowest BCUT2D eigenvalue weighted by molar-refractivity contribution is 0.315. The van der Waals surface area contributed by atoms with E-state index in [0.717, 1.165) is 37.6 Å². The average molecular weight is 338 g/mol. The quantitative estimate of drug-likeness (QED) is 0.609. The van der Waals surface area contributed by atoms with Gasteiger partial charge < -0.3 is 19.2 Å². The van der Waals surface area contributed by atoms with Gasteiger partial charge in [0.2, 0.25) is 0 Å². The van der Waals surface area contributed by atoms with Gasteiger partial charge in [-0.15, -0.1) is 0 Å². The number of hydrogen-bond donors (Lipinski definition) is 1. The van der Waals surface area contributed by atoms with Gasteiger partial charge in [-0.1, -0.05) is 30.3 Å². The van der Waals surface area contributed by atoms with Crippen molar-refractivity contribution in [1.29, 1.82) is 0 Å². The fraction of sp³-hybridized carbons (Fsp3) is 0.350. The third kappa shape index (κ3) is 4.81. The first-order chi connectivity index (χ1) is 12.2. The first kappa shape index (κ1) is 17.5. The van der Waals surface area contributed by atoms with Crippen LogP contribution in [0, 0.1) is 0 Å². The van der Waals surface area contributed by atoms with E-state index in [0.29, 0.717) is 0 Å². The monoisotopic (exact) mass is 338 g/mol. The van der Waals surface area contributed by atoms with Crippen molar-refractivity contribution >= 4 is 0 Å². The van der Waals surface area contributed by atoms with Crippen LogP contribution in [-0.2, 0) is 13.6 Å². The van der Waals surface area contributed by atoms with Gasteiger partial charge >= 0.3 is 0 Å². The van der Waals surface area contributed by atoms with Gasteiger partial charge in [0.15, 0.2) is 0 Å². The Balaban J connectivity index is 1.50. The van der Waals surface area contributed by atoms with Crippen LogP contribution < -0.4 is 5.32 Å². The number of rotatable bonds is 9. The first-order valence-corrected chi connectivity index (χ1v) is 8.70. The molecule has 25 heavy (non-hydrogen) atoms. The van der Waals surface area contributed by atoms with Crippen molar-refractivity contribution in [2.24, 2.45) is 7.05 Å². The number of aryl methyl sites for hydroxylation is 1. The molecule has 0 saturated heterocycles. The Labute approximate surface area is 149 Å².